The van der Waals surface area contributed by atoms with Gasteiger partial charge in [-0.1, -0.05) is 24.3 Å². The van der Waals surface area contributed by atoms with Gasteiger partial charge in [0.15, 0.2) is 0 Å². The number of nitrogens with two attached hydrogens (primary N) is 1. The quantitative estimate of drug-likeness (QED) is 0.569. The molecular formula is C14H15N3O2. The molecule has 1 aromatic heterocycles. The van der Waals surface area contributed by atoms with E-state index in [1.165, 1.54) is 0 Å². The second-order valence-corrected chi connectivity index (χ2v) is 4.76. The second kappa shape index (κ2) is 4.44. The Balaban J connectivity index is 2.05. The first-order chi connectivity index (χ1) is 9.18. The molecule has 98 valence electrons. The normalized spacial score (nSPS) is 21.1. The van der Waals surface area contributed by atoms with E-state index in [2.05, 4.69) is 4.98 Å². The molecule has 0 aliphatic heterocycles. The fourth-order valence-corrected chi connectivity index (χ4v) is 2.87. The Morgan fingerprint density at radius 3 is 2.79 bits per heavy atom. The Bertz CT molecular complexity index is 594. The van der Waals surface area contributed by atoms with E-state index in [4.69, 9.17) is 5.73 Å². The third kappa shape index (κ3) is 1.88. The van der Waals surface area contributed by atoms with Gasteiger partial charge in [-0.25, -0.2) is 4.79 Å². The zero-order valence-electron chi connectivity index (χ0n) is 10.3. The van der Waals surface area contributed by atoms with E-state index in [1.54, 1.807) is 0 Å². The van der Waals surface area contributed by atoms with E-state index < -0.39 is 12.1 Å². The van der Waals surface area contributed by atoms with Crippen molar-refractivity contribution in [1.82, 2.24) is 10.0 Å². The van der Waals surface area contributed by atoms with Crippen molar-refractivity contribution in [3.63, 3.8) is 0 Å². The average molecular weight is 257 g/mol. The molecule has 1 aromatic carbocycles. The summed E-state index contributed by atoms with van der Waals surface area (Å²) >= 11 is 0. The minimum atomic E-state index is -0.835. The van der Waals surface area contributed by atoms with Crippen LogP contribution in [0.15, 0.2) is 42.6 Å². The summed E-state index contributed by atoms with van der Waals surface area (Å²) in [6.07, 6.45) is 2.60. The first-order valence-corrected chi connectivity index (χ1v) is 6.17. The summed E-state index contributed by atoms with van der Waals surface area (Å²) in [6, 6.07) is 10.4. The predicted molar refractivity (Wildman–Crippen MR) is 69.6 cm³/mol. The van der Waals surface area contributed by atoms with Gasteiger partial charge >= 0.3 is 6.03 Å². The summed E-state index contributed by atoms with van der Waals surface area (Å²) in [5, 5.41) is 10.6. The number of hydrogen-bond acceptors (Lipinski definition) is 2. The van der Waals surface area contributed by atoms with Gasteiger partial charge in [-0.3, -0.25) is 5.21 Å². The summed E-state index contributed by atoms with van der Waals surface area (Å²) < 4.78 is 0. The van der Waals surface area contributed by atoms with Gasteiger partial charge in [-0.15, -0.1) is 0 Å². The number of aromatic amines is 1. The van der Waals surface area contributed by atoms with Crippen LogP contribution in [0.3, 0.4) is 0 Å². The van der Waals surface area contributed by atoms with Crippen molar-refractivity contribution in [2.75, 3.05) is 0 Å². The fourth-order valence-electron chi connectivity index (χ4n) is 2.87. The highest BCUT2D eigenvalue weighted by Crippen LogP contribution is 2.44. The number of fused-ring (bicyclic) bond motifs is 1. The number of aromatic nitrogens is 1. The molecule has 5 heteroatoms. The topological polar surface area (TPSA) is 82.3 Å². The number of amides is 2. The Kier molecular flexibility index (Phi) is 2.76. The minimum absolute atomic E-state index is 0.00935. The number of nitrogens with zero attached hydrogens (tertiary/aromatic N) is 1. The summed E-state index contributed by atoms with van der Waals surface area (Å²) in [7, 11) is 0. The maximum absolute atomic E-state index is 11.3. The highest BCUT2D eigenvalue weighted by Gasteiger charge is 2.39. The Morgan fingerprint density at radius 1 is 1.32 bits per heavy atom. The summed E-state index contributed by atoms with van der Waals surface area (Å²) in [5.41, 5.74) is 8.28. The number of nitrogens with one attached hydrogen (secondary N) is 1. The second-order valence-electron chi connectivity index (χ2n) is 4.76. The lowest BCUT2D eigenvalue weighted by molar-refractivity contribution is -0.0813. The van der Waals surface area contributed by atoms with E-state index >= 15 is 0 Å². The van der Waals surface area contributed by atoms with Crippen molar-refractivity contribution < 1.29 is 10.0 Å². The van der Waals surface area contributed by atoms with Crippen LogP contribution in [0, 0.1) is 0 Å². The van der Waals surface area contributed by atoms with Gasteiger partial charge in [0, 0.05) is 17.8 Å². The van der Waals surface area contributed by atoms with Crippen molar-refractivity contribution in [2.24, 2.45) is 5.73 Å². The number of hydrogen-bond donors (Lipinski definition) is 3. The predicted octanol–water partition coefficient (Wildman–Crippen LogP) is 2.17. The number of hydroxylamine groups is 2. The smallest absolute Gasteiger partial charge is 0.339 e. The molecule has 0 saturated heterocycles. The highest BCUT2D eigenvalue weighted by molar-refractivity contribution is 5.71. The molecule has 1 aliphatic carbocycles. The fraction of sp³-hybridized carbons (Fsp3) is 0.214. The lowest BCUT2D eigenvalue weighted by Crippen LogP contribution is -2.37. The molecule has 0 saturated carbocycles. The monoisotopic (exact) mass is 257 g/mol. The van der Waals surface area contributed by atoms with Crippen LogP contribution in [0.4, 0.5) is 4.79 Å². The Labute approximate surface area is 110 Å². The summed E-state index contributed by atoms with van der Waals surface area (Å²) in [6.45, 7) is 0. The standard InChI is InChI=1S/C14H15N3O2/c15-14(18)17(19)13-10-5-2-1-4-9(10)8-11(13)12-6-3-7-16-12/h1-7,11,13,16,19H,8H2,(H2,15,18). The molecule has 3 rings (SSSR count). The Hall–Kier alpha value is -2.27. The molecule has 5 nitrogen and oxygen atoms in total. The first kappa shape index (κ1) is 11.8. The van der Waals surface area contributed by atoms with Gasteiger partial charge in [-0.2, -0.15) is 5.06 Å². The van der Waals surface area contributed by atoms with Crippen molar-refractivity contribution in [3.05, 3.63) is 59.4 Å². The van der Waals surface area contributed by atoms with Crippen LogP contribution < -0.4 is 5.73 Å². The third-order valence-corrected chi connectivity index (χ3v) is 3.71. The van der Waals surface area contributed by atoms with E-state index in [-0.39, 0.29) is 5.92 Å². The van der Waals surface area contributed by atoms with E-state index in [1.807, 2.05) is 42.6 Å². The molecule has 0 bridgehead atoms. The van der Waals surface area contributed by atoms with E-state index in [0.29, 0.717) is 5.06 Å². The largest absolute Gasteiger partial charge is 0.365 e. The molecule has 0 radical (unpaired) electrons. The van der Waals surface area contributed by atoms with Gasteiger partial charge in [0.05, 0.1) is 6.04 Å². The molecule has 19 heavy (non-hydrogen) atoms. The number of H-pyrrole nitrogens is 1. The lowest BCUT2D eigenvalue weighted by atomic mass is 9.97. The maximum Gasteiger partial charge on any atom is 0.339 e. The molecule has 1 heterocycles. The number of benzene rings is 1. The van der Waals surface area contributed by atoms with Crippen molar-refractivity contribution in [1.29, 1.82) is 0 Å². The number of carbonyl (C=O) groups is 1. The SMILES string of the molecule is NC(=O)N(O)C1c2ccccc2CC1c1ccc[nH]1. The molecular weight excluding hydrogens is 242 g/mol. The molecule has 2 aromatic rings. The van der Waals surface area contributed by atoms with E-state index in [0.717, 1.165) is 23.2 Å². The number of urea groups is 1. The van der Waals surface area contributed by atoms with Crippen LogP contribution in [0.25, 0.3) is 0 Å². The molecule has 1 aliphatic rings. The van der Waals surface area contributed by atoms with Crippen molar-refractivity contribution >= 4 is 6.03 Å². The third-order valence-electron chi connectivity index (χ3n) is 3.71. The number of primary amides is 1. The maximum atomic E-state index is 11.3. The van der Waals surface area contributed by atoms with Crippen LogP contribution in [0.5, 0.6) is 0 Å². The zero-order valence-corrected chi connectivity index (χ0v) is 10.3. The van der Waals surface area contributed by atoms with Gasteiger partial charge in [0.1, 0.15) is 0 Å². The van der Waals surface area contributed by atoms with Crippen LogP contribution in [-0.2, 0) is 6.42 Å². The summed E-state index contributed by atoms with van der Waals surface area (Å²) in [4.78, 5) is 14.4. The van der Waals surface area contributed by atoms with Gasteiger partial charge in [0.25, 0.3) is 0 Å². The molecule has 2 unspecified atom stereocenters. The number of rotatable bonds is 2. The van der Waals surface area contributed by atoms with Crippen LogP contribution >= 0.6 is 0 Å². The average Bonchev–Trinajstić information content (AvgIpc) is 3.04. The molecule has 4 N–H and O–H groups in total. The van der Waals surface area contributed by atoms with Gasteiger partial charge in [-0.05, 0) is 29.7 Å². The van der Waals surface area contributed by atoms with E-state index in [9.17, 15) is 10.0 Å². The van der Waals surface area contributed by atoms with Gasteiger partial charge in [0.2, 0.25) is 0 Å². The molecule has 0 spiro atoms. The van der Waals surface area contributed by atoms with Crippen molar-refractivity contribution in [3.8, 4) is 0 Å². The molecule has 0 fully saturated rings. The summed E-state index contributed by atoms with van der Waals surface area (Å²) in [5.74, 6) is -0.00935. The Morgan fingerprint density at radius 2 is 2.11 bits per heavy atom. The zero-order chi connectivity index (χ0) is 13.4. The lowest BCUT2D eigenvalue weighted by Gasteiger charge is -2.26. The molecule has 2 atom stereocenters. The highest BCUT2D eigenvalue weighted by atomic mass is 16.5. The molecule has 2 amide bonds. The van der Waals surface area contributed by atoms with Crippen LogP contribution in [-0.4, -0.2) is 21.3 Å². The van der Waals surface area contributed by atoms with Crippen LogP contribution in [0.1, 0.15) is 28.8 Å². The first-order valence-electron chi connectivity index (χ1n) is 6.17. The van der Waals surface area contributed by atoms with Crippen LogP contribution in [0.2, 0.25) is 0 Å². The van der Waals surface area contributed by atoms with Crippen molar-refractivity contribution in [2.45, 2.75) is 18.4 Å². The van der Waals surface area contributed by atoms with Gasteiger partial charge < -0.3 is 10.7 Å². The minimum Gasteiger partial charge on any atom is -0.365 e. The number of carbonyl (C=O) groups excluding carboxylic acids is 1.